The average Bonchev–Trinajstić information content (AvgIpc) is 2.34. The van der Waals surface area contributed by atoms with Gasteiger partial charge in [0.05, 0.1) is 6.26 Å². The smallest absolute Gasteiger partial charge is 0.208 e. The highest BCUT2D eigenvalue weighted by Crippen LogP contribution is 1.92. The molecule has 0 aromatic rings. The largest absolute Gasteiger partial charge is 0.381 e. The molecule has 0 saturated heterocycles. The van der Waals surface area contributed by atoms with E-state index in [0.717, 1.165) is 32.4 Å². The van der Waals surface area contributed by atoms with E-state index >= 15 is 0 Å². The van der Waals surface area contributed by atoms with E-state index in [-0.39, 0.29) is 0 Å². The molecule has 0 saturated carbocycles. The second kappa shape index (κ2) is 10.9. The number of ether oxygens (including phenoxy) is 1. The van der Waals surface area contributed by atoms with Gasteiger partial charge in [0.25, 0.3) is 0 Å². The second-order valence-corrected chi connectivity index (χ2v) is 6.75. The second-order valence-electron chi connectivity index (χ2n) is 4.91. The van der Waals surface area contributed by atoms with Gasteiger partial charge in [-0.2, -0.15) is 0 Å². The minimum Gasteiger partial charge on any atom is -0.381 e. The highest BCUT2D eigenvalue weighted by molar-refractivity contribution is 7.88. The molecule has 0 aromatic heterocycles. The van der Waals surface area contributed by atoms with Crippen LogP contribution in [0, 0.1) is 5.92 Å². The first-order chi connectivity index (χ1) is 9.35. The fourth-order valence-corrected chi connectivity index (χ4v) is 1.81. The van der Waals surface area contributed by atoms with Gasteiger partial charge in [-0.05, 0) is 12.3 Å². The van der Waals surface area contributed by atoms with Gasteiger partial charge in [0.2, 0.25) is 10.0 Å². The van der Waals surface area contributed by atoms with E-state index in [0.29, 0.717) is 25.0 Å². The first-order valence-electron chi connectivity index (χ1n) is 6.82. The van der Waals surface area contributed by atoms with E-state index in [1.165, 1.54) is 0 Å². The van der Waals surface area contributed by atoms with Gasteiger partial charge in [-0.1, -0.05) is 13.8 Å². The summed E-state index contributed by atoms with van der Waals surface area (Å²) in [6.45, 7) is 7.32. The molecule has 0 radical (unpaired) electrons. The van der Waals surface area contributed by atoms with Crippen LogP contribution in [0.4, 0.5) is 0 Å². The fourth-order valence-electron chi connectivity index (χ4n) is 1.34. The summed E-state index contributed by atoms with van der Waals surface area (Å²) in [6.07, 6.45) is 2.03. The third kappa shape index (κ3) is 13.6. The lowest BCUT2D eigenvalue weighted by Gasteiger charge is -2.12. The Hall–Kier alpha value is -0.860. The van der Waals surface area contributed by atoms with Crippen LogP contribution in [-0.2, 0) is 14.8 Å². The zero-order chi connectivity index (χ0) is 15.4. The number of aliphatic imine (C=N–C) groups is 1. The minimum absolute atomic E-state index is 0.330. The fraction of sp³-hybridized carbons (Fsp3) is 0.917. The Morgan fingerprint density at radius 2 is 1.85 bits per heavy atom. The molecule has 0 aliphatic heterocycles. The molecule has 0 aliphatic rings. The molecular formula is C12H28N4O3S. The van der Waals surface area contributed by atoms with Crippen molar-refractivity contribution in [3.8, 4) is 0 Å². The van der Waals surface area contributed by atoms with Crippen LogP contribution < -0.4 is 15.4 Å². The third-order valence-electron chi connectivity index (χ3n) is 2.21. The van der Waals surface area contributed by atoms with Crippen molar-refractivity contribution >= 4 is 16.0 Å². The molecule has 3 N–H and O–H groups in total. The Morgan fingerprint density at radius 1 is 1.20 bits per heavy atom. The molecule has 8 heteroatoms. The van der Waals surface area contributed by atoms with Gasteiger partial charge in [-0.15, -0.1) is 0 Å². The van der Waals surface area contributed by atoms with E-state index in [9.17, 15) is 8.42 Å². The maximum Gasteiger partial charge on any atom is 0.208 e. The van der Waals surface area contributed by atoms with Gasteiger partial charge in [0, 0.05) is 39.9 Å². The molecule has 0 aromatic carbocycles. The van der Waals surface area contributed by atoms with E-state index in [2.05, 4.69) is 34.2 Å². The number of guanidine groups is 1. The first kappa shape index (κ1) is 19.1. The third-order valence-corrected chi connectivity index (χ3v) is 2.94. The number of sulfonamides is 1. The zero-order valence-corrected chi connectivity index (χ0v) is 13.7. The lowest BCUT2D eigenvalue weighted by molar-refractivity contribution is 0.108. The lowest BCUT2D eigenvalue weighted by atomic mass is 10.2. The van der Waals surface area contributed by atoms with Crippen LogP contribution in [0.3, 0.4) is 0 Å². The Kier molecular flexibility index (Phi) is 10.4. The van der Waals surface area contributed by atoms with E-state index in [4.69, 9.17) is 4.74 Å². The van der Waals surface area contributed by atoms with Crippen LogP contribution in [0.1, 0.15) is 20.3 Å². The van der Waals surface area contributed by atoms with Crippen LogP contribution in [-0.4, -0.2) is 60.5 Å². The van der Waals surface area contributed by atoms with Crippen molar-refractivity contribution in [1.82, 2.24) is 15.4 Å². The van der Waals surface area contributed by atoms with Crippen LogP contribution in [0.2, 0.25) is 0 Å². The molecule has 0 atom stereocenters. The number of rotatable bonds is 10. The SMILES string of the molecule is CN=C(NCCCOCC(C)C)NCCNS(C)(=O)=O. The molecule has 0 bridgehead atoms. The molecule has 0 fully saturated rings. The maximum atomic E-state index is 10.9. The summed E-state index contributed by atoms with van der Waals surface area (Å²) >= 11 is 0. The van der Waals surface area contributed by atoms with Crippen LogP contribution in [0.25, 0.3) is 0 Å². The molecule has 7 nitrogen and oxygen atoms in total. The van der Waals surface area contributed by atoms with E-state index in [1.54, 1.807) is 7.05 Å². The number of nitrogens with one attached hydrogen (secondary N) is 3. The van der Waals surface area contributed by atoms with Crippen LogP contribution in [0.15, 0.2) is 4.99 Å². The number of hydrogen-bond donors (Lipinski definition) is 3. The van der Waals surface area contributed by atoms with Gasteiger partial charge >= 0.3 is 0 Å². The van der Waals surface area contributed by atoms with Crippen molar-refractivity contribution in [2.75, 3.05) is 46.2 Å². The molecular weight excluding hydrogens is 280 g/mol. The molecule has 0 rings (SSSR count). The van der Waals surface area contributed by atoms with Crippen molar-refractivity contribution in [3.63, 3.8) is 0 Å². The molecule has 0 heterocycles. The Morgan fingerprint density at radius 3 is 2.40 bits per heavy atom. The molecule has 0 unspecified atom stereocenters. The van der Waals surface area contributed by atoms with Crippen LogP contribution in [0.5, 0.6) is 0 Å². The predicted molar refractivity (Wildman–Crippen MR) is 82.5 cm³/mol. The summed E-state index contributed by atoms with van der Waals surface area (Å²) in [5, 5.41) is 6.16. The highest BCUT2D eigenvalue weighted by Gasteiger charge is 2.00. The van der Waals surface area contributed by atoms with Gasteiger partial charge in [0.1, 0.15) is 0 Å². The molecule has 0 amide bonds. The van der Waals surface area contributed by atoms with Gasteiger partial charge in [-0.3, -0.25) is 4.99 Å². The summed E-state index contributed by atoms with van der Waals surface area (Å²) in [4.78, 5) is 4.04. The predicted octanol–water partition coefficient (Wildman–Crippen LogP) is -0.237. The van der Waals surface area contributed by atoms with Gasteiger partial charge in [-0.25, -0.2) is 13.1 Å². The molecule has 0 spiro atoms. The van der Waals surface area contributed by atoms with Crippen molar-refractivity contribution < 1.29 is 13.2 Å². The monoisotopic (exact) mass is 308 g/mol. The number of hydrogen-bond acceptors (Lipinski definition) is 4. The first-order valence-corrected chi connectivity index (χ1v) is 8.71. The van der Waals surface area contributed by atoms with E-state index < -0.39 is 10.0 Å². The van der Waals surface area contributed by atoms with Crippen molar-refractivity contribution in [1.29, 1.82) is 0 Å². The van der Waals surface area contributed by atoms with E-state index in [1.807, 2.05) is 0 Å². The minimum atomic E-state index is -3.13. The summed E-state index contributed by atoms with van der Waals surface area (Å²) in [7, 11) is -1.45. The molecule has 0 aliphatic carbocycles. The summed E-state index contributed by atoms with van der Waals surface area (Å²) < 4.78 is 29.6. The summed E-state index contributed by atoms with van der Waals surface area (Å²) in [5.41, 5.74) is 0. The molecule has 20 heavy (non-hydrogen) atoms. The Balaban J connectivity index is 3.58. The normalized spacial score (nSPS) is 12.8. The average molecular weight is 308 g/mol. The zero-order valence-electron chi connectivity index (χ0n) is 12.9. The molecule has 120 valence electrons. The van der Waals surface area contributed by atoms with Crippen molar-refractivity contribution in [2.45, 2.75) is 20.3 Å². The summed E-state index contributed by atoms with van der Waals surface area (Å²) in [5.74, 6) is 1.21. The van der Waals surface area contributed by atoms with Crippen molar-refractivity contribution in [2.24, 2.45) is 10.9 Å². The maximum absolute atomic E-state index is 10.9. The van der Waals surface area contributed by atoms with Crippen molar-refractivity contribution in [3.05, 3.63) is 0 Å². The van der Waals surface area contributed by atoms with Gasteiger partial charge < -0.3 is 15.4 Å². The number of nitrogens with zero attached hydrogens (tertiary/aromatic N) is 1. The highest BCUT2D eigenvalue weighted by atomic mass is 32.2. The van der Waals surface area contributed by atoms with Crippen LogP contribution >= 0.6 is 0 Å². The topological polar surface area (TPSA) is 91.8 Å². The quantitative estimate of drug-likeness (QED) is 0.294. The van der Waals surface area contributed by atoms with Gasteiger partial charge in [0.15, 0.2) is 5.96 Å². The Labute approximate surface area is 122 Å². The standard InChI is InChI=1S/C12H28N4O3S/c1-11(2)10-19-9-5-6-14-12(13-3)15-7-8-16-20(4,17)18/h11,16H,5-10H2,1-4H3,(H2,13,14,15). The summed E-state index contributed by atoms with van der Waals surface area (Å²) in [6, 6.07) is 0. The Bertz CT molecular complexity index is 369. The lowest BCUT2D eigenvalue weighted by Crippen LogP contribution is -2.41.